The molecule has 0 unspecified atom stereocenters. The van der Waals surface area contributed by atoms with E-state index in [1.807, 2.05) is 42.5 Å². The molecule has 0 aliphatic rings. The van der Waals surface area contributed by atoms with Gasteiger partial charge >= 0.3 is 12.4 Å². The Balaban J connectivity index is 1.27. The second-order valence-corrected chi connectivity index (χ2v) is 9.96. The van der Waals surface area contributed by atoms with Crippen LogP contribution in [0.25, 0.3) is 55.3 Å². The van der Waals surface area contributed by atoms with Crippen molar-refractivity contribution in [2.24, 2.45) is 0 Å². The SMILES string of the molecule is FC(F)(F)c1cc(-c2ccc(-c3ccc4cc(-c5ccc(-c6ccncc6)cc5)ccc4c3)cc2)cc(C(F)(F)F)c1. The summed E-state index contributed by atoms with van der Waals surface area (Å²) in [5.41, 5.74) is 3.45. The van der Waals surface area contributed by atoms with Crippen molar-refractivity contribution in [1.82, 2.24) is 4.98 Å². The molecule has 0 saturated heterocycles. The van der Waals surface area contributed by atoms with Crippen molar-refractivity contribution >= 4 is 10.8 Å². The van der Waals surface area contributed by atoms with Crippen molar-refractivity contribution in [3.05, 3.63) is 139 Å². The van der Waals surface area contributed by atoms with E-state index in [4.69, 9.17) is 0 Å². The lowest BCUT2D eigenvalue weighted by Gasteiger charge is -2.14. The molecular weight excluding hydrogens is 548 g/mol. The highest BCUT2D eigenvalue weighted by molar-refractivity contribution is 5.91. The maximum atomic E-state index is 13.3. The van der Waals surface area contributed by atoms with E-state index in [0.717, 1.165) is 56.3 Å². The molecule has 7 heteroatoms. The number of nitrogens with zero attached hydrogens (tertiary/aromatic N) is 1. The van der Waals surface area contributed by atoms with Crippen molar-refractivity contribution < 1.29 is 26.3 Å². The quantitative estimate of drug-likeness (QED) is 0.193. The topological polar surface area (TPSA) is 12.9 Å². The summed E-state index contributed by atoms with van der Waals surface area (Å²) in [5, 5.41) is 2.04. The van der Waals surface area contributed by atoms with E-state index in [2.05, 4.69) is 35.3 Å². The number of fused-ring (bicyclic) bond motifs is 1. The zero-order valence-corrected chi connectivity index (χ0v) is 21.8. The number of benzene rings is 5. The molecule has 0 bridgehead atoms. The van der Waals surface area contributed by atoms with Crippen LogP contribution in [0.2, 0.25) is 0 Å². The lowest BCUT2D eigenvalue weighted by molar-refractivity contribution is -0.143. The highest BCUT2D eigenvalue weighted by Gasteiger charge is 2.37. The van der Waals surface area contributed by atoms with Crippen molar-refractivity contribution in [2.75, 3.05) is 0 Å². The monoisotopic (exact) mass is 569 g/mol. The van der Waals surface area contributed by atoms with E-state index >= 15 is 0 Å². The van der Waals surface area contributed by atoms with Gasteiger partial charge in [-0.2, -0.15) is 26.3 Å². The smallest absolute Gasteiger partial charge is 0.265 e. The first kappa shape index (κ1) is 27.3. The Morgan fingerprint density at radius 1 is 0.333 bits per heavy atom. The molecule has 42 heavy (non-hydrogen) atoms. The van der Waals surface area contributed by atoms with E-state index in [-0.39, 0.29) is 17.2 Å². The van der Waals surface area contributed by atoms with Crippen LogP contribution in [0.3, 0.4) is 0 Å². The number of pyridine rings is 1. The van der Waals surface area contributed by atoms with Gasteiger partial charge in [0, 0.05) is 12.4 Å². The van der Waals surface area contributed by atoms with Crippen LogP contribution in [0.5, 0.6) is 0 Å². The first-order valence-corrected chi connectivity index (χ1v) is 13.0. The van der Waals surface area contributed by atoms with Crippen molar-refractivity contribution in [3.63, 3.8) is 0 Å². The molecule has 1 heterocycles. The predicted octanol–water partition coefficient (Wildman–Crippen LogP) is 10.9. The Morgan fingerprint density at radius 3 is 1.07 bits per heavy atom. The third kappa shape index (κ3) is 5.63. The number of hydrogen-bond donors (Lipinski definition) is 0. The molecule has 0 spiro atoms. The first-order valence-electron chi connectivity index (χ1n) is 13.0. The predicted molar refractivity (Wildman–Crippen MR) is 153 cm³/mol. The van der Waals surface area contributed by atoms with E-state index < -0.39 is 23.5 Å². The second kappa shape index (κ2) is 10.5. The molecule has 6 aromatic rings. The molecule has 0 saturated carbocycles. The minimum Gasteiger partial charge on any atom is -0.265 e. The van der Waals surface area contributed by atoms with Gasteiger partial charge in [-0.3, -0.25) is 4.98 Å². The molecular formula is C35H21F6N. The molecule has 6 rings (SSSR count). The van der Waals surface area contributed by atoms with Crippen LogP contribution in [0.1, 0.15) is 11.1 Å². The molecule has 0 atom stereocenters. The number of alkyl halides is 6. The van der Waals surface area contributed by atoms with Gasteiger partial charge < -0.3 is 0 Å². The van der Waals surface area contributed by atoms with Crippen LogP contribution >= 0.6 is 0 Å². The maximum absolute atomic E-state index is 13.3. The van der Waals surface area contributed by atoms with Gasteiger partial charge in [0.05, 0.1) is 11.1 Å². The van der Waals surface area contributed by atoms with Crippen molar-refractivity contribution in [1.29, 1.82) is 0 Å². The molecule has 0 amide bonds. The highest BCUT2D eigenvalue weighted by atomic mass is 19.4. The third-order valence-corrected chi connectivity index (χ3v) is 7.21. The van der Waals surface area contributed by atoms with Gasteiger partial charge in [0.2, 0.25) is 0 Å². The minimum atomic E-state index is -4.90. The summed E-state index contributed by atoms with van der Waals surface area (Å²) in [6.07, 6.45) is -6.27. The van der Waals surface area contributed by atoms with Crippen LogP contribution < -0.4 is 0 Å². The van der Waals surface area contributed by atoms with Crippen molar-refractivity contribution in [2.45, 2.75) is 12.4 Å². The summed E-state index contributed by atoms with van der Waals surface area (Å²) in [6, 6.07) is 32.4. The lowest BCUT2D eigenvalue weighted by Crippen LogP contribution is -2.11. The molecule has 0 aliphatic carbocycles. The Labute approximate surface area is 237 Å². The van der Waals surface area contributed by atoms with E-state index in [1.165, 1.54) is 12.1 Å². The normalized spacial score (nSPS) is 12.0. The fourth-order valence-electron chi connectivity index (χ4n) is 4.98. The number of aromatic nitrogens is 1. The van der Waals surface area contributed by atoms with Gasteiger partial charge in [0.25, 0.3) is 0 Å². The maximum Gasteiger partial charge on any atom is 0.416 e. The van der Waals surface area contributed by atoms with Gasteiger partial charge in [-0.05, 0) is 97.7 Å². The average molecular weight is 570 g/mol. The van der Waals surface area contributed by atoms with Crippen LogP contribution in [0.15, 0.2) is 128 Å². The number of halogens is 6. The largest absolute Gasteiger partial charge is 0.416 e. The fraction of sp³-hybridized carbons (Fsp3) is 0.0571. The molecule has 1 nitrogen and oxygen atoms in total. The summed E-state index contributed by atoms with van der Waals surface area (Å²) in [5.74, 6) is 0. The van der Waals surface area contributed by atoms with Gasteiger partial charge in [0.1, 0.15) is 0 Å². The molecule has 5 aromatic carbocycles. The number of rotatable bonds is 4. The molecule has 208 valence electrons. The fourth-order valence-corrected chi connectivity index (χ4v) is 4.98. The Kier molecular flexibility index (Phi) is 6.81. The summed E-state index contributed by atoms with van der Waals surface area (Å²) < 4.78 is 79.8. The minimum absolute atomic E-state index is 0.135. The van der Waals surface area contributed by atoms with Crippen LogP contribution in [-0.2, 0) is 12.4 Å². The van der Waals surface area contributed by atoms with Gasteiger partial charge in [-0.25, -0.2) is 0 Å². The van der Waals surface area contributed by atoms with Crippen LogP contribution in [0, 0.1) is 0 Å². The standard InChI is InChI=1S/C35H21F6N/c36-34(37,38)32-19-31(20-33(21-32)35(39,40)41)25-7-5-24(6-8-25)28-10-12-29-17-27(9-11-30(29)18-28)23-3-1-22(2-4-23)26-13-15-42-16-14-26/h1-21H. The van der Waals surface area contributed by atoms with Crippen LogP contribution in [-0.4, -0.2) is 4.98 Å². The zero-order valence-electron chi connectivity index (χ0n) is 21.8. The van der Waals surface area contributed by atoms with Gasteiger partial charge in [0.15, 0.2) is 0 Å². The Hall–Kier alpha value is -4.91. The van der Waals surface area contributed by atoms with Crippen molar-refractivity contribution in [3.8, 4) is 44.5 Å². The molecule has 0 radical (unpaired) electrons. The molecule has 1 aromatic heterocycles. The third-order valence-electron chi connectivity index (χ3n) is 7.21. The average Bonchev–Trinajstić information content (AvgIpc) is 3.00. The van der Waals surface area contributed by atoms with Crippen LogP contribution in [0.4, 0.5) is 26.3 Å². The van der Waals surface area contributed by atoms with E-state index in [0.29, 0.717) is 0 Å². The first-order chi connectivity index (χ1) is 20.0. The van der Waals surface area contributed by atoms with E-state index in [1.54, 1.807) is 24.5 Å². The highest BCUT2D eigenvalue weighted by Crippen LogP contribution is 2.39. The Bertz CT molecular complexity index is 1840. The summed E-state index contributed by atoms with van der Waals surface area (Å²) in [4.78, 5) is 4.06. The van der Waals surface area contributed by atoms with Gasteiger partial charge in [-0.1, -0.05) is 72.8 Å². The lowest BCUT2D eigenvalue weighted by atomic mass is 9.95. The zero-order chi connectivity index (χ0) is 29.5. The number of hydrogen-bond acceptors (Lipinski definition) is 1. The summed E-state index contributed by atoms with van der Waals surface area (Å²) >= 11 is 0. The molecule has 0 fully saturated rings. The van der Waals surface area contributed by atoms with Gasteiger partial charge in [-0.15, -0.1) is 0 Å². The second-order valence-electron chi connectivity index (χ2n) is 9.96. The summed E-state index contributed by atoms with van der Waals surface area (Å²) in [7, 11) is 0. The molecule has 0 N–H and O–H groups in total. The Morgan fingerprint density at radius 2 is 0.667 bits per heavy atom. The molecule has 0 aliphatic heterocycles. The van der Waals surface area contributed by atoms with E-state index in [9.17, 15) is 26.3 Å². The summed E-state index contributed by atoms with van der Waals surface area (Å²) in [6.45, 7) is 0.